The highest BCUT2D eigenvalue weighted by Crippen LogP contribution is 2.11. The molecule has 1 saturated heterocycles. The molecule has 2 amide bonds. The van der Waals surface area contributed by atoms with E-state index in [0.717, 1.165) is 16.8 Å². The lowest BCUT2D eigenvalue weighted by atomic mass is 10.1. The van der Waals surface area contributed by atoms with E-state index in [1.807, 2.05) is 71.6 Å². The highest BCUT2D eigenvalue weighted by Gasteiger charge is 2.30. The van der Waals surface area contributed by atoms with E-state index in [0.29, 0.717) is 26.2 Å². The number of carbonyl (C=O) groups excluding carboxylic acids is 2. The van der Waals surface area contributed by atoms with Gasteiger partial charge in [0, 0.05) is 26.2 Å². The number of carbonyl (C=O) groups is 2. The summed E-state index contributed by atoms with van der Waals surface area (Å²) in [4.78, 5) is 31.0. The molecule has 0 aliphatic carbocycles. The topological polar surface area (TPSA) is 92.2 Å². The second kappa shape index (κ2) is 10.5. The summed E-state index contributed by atoms with van der Waals surface area (Å²) in [5, 5.41) is 9.89. The van der Waals surface area contributed by atoms with Gasteiger partial charge in [-0.25, -0.2) is 9.67 Å². The molecule has 1 aliphatic rings. The number of rotatable bonds is 8. The second-order valence-electron chi connectivity index (χ2n) is 7.60. The van der Waals surface area contributed by atoms with Gasteiger partial charge in [0.05, 0.1) is 18.2 Å². The fourth-order valence-corrected chi connectivity index (χ4v) is 3.65. The molecule has 0 saturated carbocycles. The first kappa shape index (κ1) is 21.5. The maximum atomic E-state index is 12.6. The van der Waals surface area contributed by atoms with E-state index in [-0.39, 0.29) is 18.2 Å². The smallest absolute Gasteiger partial charge is 0.237 e. The van der Waals surface area contributed by atoms with Crippen molar-refractivity contribution < 1.29 is 9.59 Å². The van der Waals surface area contributed by atoms with Gasteiger partial charge < -0.3 is 10.6 Å². The zero-order valence-electron chi connectivity index (χ0n) is 17.7. The first-order valence-electron chi connectivity index (χ1n) is 10.6. The highest BCUT2D eigenvalue weighted by molar-refractivity contribution is 5.88. The quantitative estimate of drug-likeness (QED) is 0.569. The van der Waals surface area contributed by atoms with E-state index in [1.54, 1.807) is 11.0 Å². The molecule has 1 aliphatic heterocycles. The predicted molar refractivity (Wildman–Crippen MR) is 122 cm³/mol. The third-order valence-corrected chi connectivity index (χ3v) is 5.38. The van der Waals surface area contributed by atoms with Gasteiger partial charge in [-0.3, -0.25) is 14.5 Å². The average Bonchev–Trinajstić information content (AvgIpc) is 3.36. The Morgan fingerprint density at radius 3 is 2.72 bits per heavy atom. The van der Waals surface area contributed by atoms with Gasteiger partial charge in [0.1, 0.15) is 12.7 Å². The van der Waals surface area contributed by atoms with E-state index >= 15 is 0 Å². The summed E-state index contributed by atoms with van der Waals surface area (Å²) in [6, 6.07) is 17.3. The fraction of sp³-hybridized carbons (Fsp3) is 0.250. The minimum absolute atomic E-state index is 0.100. The second-order valence-corrected chi connectivity index (χ2v) is 7.60. The van der Waals surface area contributed by atoms with Crippen molar-refractivity contribution in [1.82, 2.24) is 30.3 Å². The summed E-state index contributed by atoms with van der Waals surface area (Å²) in [6.45, 7) is 2.32. The standard InChI is InChI=1S/C24H26N6O2/c31-23(27-16-20-8-10-21(11-9-20)30-18-25-17-28-30)15-22-24(32)26-12-14-29(22)13-4-7-19-5-2-1-3-6-19/h1-11,17-18,22H,12-16H2,(H,26,32)(H,27,31). The largest absolute Gasteiger partial charge is 0.353 e. The van der Waals surface area contributed by atoms with Crippen LogP contribution >= 0.6 is 0 Å². The molecule has 164 valence electrons. The summed E-state index contributed by atoms with van der Waals surface area (Å²) in [6.07, 6.45) is 7.31. The molecule has 2 aromatic carbocycles. The Hall–Kier alpha value is -3.78. The maximum absolute atomic E-state index is 12.6. The molecule has 0 spiro atoms. The van der Waals surface area contributed by atoms with Crippen molar-refractivity contribution in [3.63, 3.8) is 0 Å². The van der Waals surface area contributed by atoms with Gasteiger partial charge >= 0.3 is 0 Å². The van der Waals surface area contributed by atoms with Crippen LogP contribution in [-0.4, -0.2) is 57.2 Å². The van der Waals surface area contributed by atoms with Gasteiger partial charge in [0.2, 0.25) is 11.8 Å². The van der Waals surface area contributed by atoms with Gasteiger partial charge in [-0.05, 0) is 23.3 Å². The van der Waals surface area contributed by atoms with E-state index in [9.17, 15) is 9.59 Å². The van der Waals surface area contributed by atoms with Crippen LogP contribution in [0.3, 0.4) is 0 Å². The molecule has 1 fully saturated rings. The van der Waals surface area contributed by atoms with Crippen LogP contribution < -0.4 is 10.6 Å². The molecule has 1 aromatic heterocycles. The fourth-order valence-electron chi connectivity index (χ4n) is 3.65. The minimum atomic E-state index is -0.473. The number of nitrogens with zero attached hydrogens (tertiary/aromatic N) is 4. The molecule has 8 heteroatoms. The Morgan fingerprint density at radius 1 is 1.16 bits per heavy atom. The molecule has 2 heterocycles. The average molecular weight is 431 g/mol. The van der Waals surface area contributed by atoms with Crippen molar-refractivity contribution in [2.45, 2.75) is 19.0 Å². The summed E-state index contributed by atoms with van der Waals surface area (Å²) in [7, 11) is 0. The third-order valence-electron chi connectivity index (χ3n) is 5.38. The molecular formula is C24H26N6O2. The number of hydrogen-bond donors (Lipinski definition) is 2. The molecule has 32 heavy (non-hydrogen) atoms. The van der Waals surface area contributed by atoms with Crippen molar-refractivity contribution in [2.24, 2.45) is 0 Å². The zero-order valence-corrected chi connectivity index (χ0v) is 17.7. The molecule has 2 N–H and O–H groups in total. The Bertz CT molecular complexity index is 1050. The van der Waals surface area contributed by atoms with Crippen molar-refractivity contribution >= 4 is 17.9 Å². The number of aromatic nitrogens is 3. The minimum Gasteiger partial charge on any atom is -0.353 e. The molecule has 0 bridgehead atoms. The molecule has 4 rings (SSSR count). The highest BCUT2D eigenvalue weighted by atomic mass is 16.2. The Morgan fingerprint density at radius 2 is 1.97 bits per heavy atom. The molecule has 1 unspecified atom stereocenters. The molecule has 8 nitrogen and oxygen atoms in total. The van der Waals surface area contributed by atoms with E-state index in [4.69, 9.17) is 0 Å². The van der Waals surface area contributed by atoms with Gasteiger partial charge in [-0.2, -0.15) is 5.10 Å². The van der Waals surface area contributed by atoms with Crippen LogP contribution in [0.15, 0.2) is 73.3 Å². The molecular weight excluding hydrogens is 404 g/mol. The number of amides is 2. The predicted octanol–water partition coefficient (Wildman–Crippen LogP) is 1.79. The summed E-state index contributed by atoms with van der Waals surface area (Å²) < 4.78 is 1.67. The van der Waals surface area contributed by atoms with Gasteiger partial charge in [0.15, 0.2) is 0 Å². The van der Waals surface area contributed by atoms with Crippen LogP contribution in [0.1, 0.15) is 17.5 Å². The first-order valence-corrected chi connectivity index (χ1v) is 10.6. The van der Waals surface area contributed by atoms with Crippen molar-refractivity contribution in [2.75, 3.05) is 19.6 Å². The normalized spacial score (nSPS) is 16.8. The monoisotopic (exact) mass is 430 g/mol. The number of piperazine rings is 1. The number of nitrogens with one attached hydrogen (secondary N) is 2. The summed E-state index contributed by atoms with van der Waals surface area (Å²) >= 11 is 0. The van der Waals surface area contributed by atoms with Gasteiger partial charge in [-0.1, -0.05) is 54.6 Å². The Balaban J connectivity index is 1.30. The number of benzene rings is 2. The molecule has 1 atom stereocenters. The molecule has 0 radical (unpaired) electrons. The molecule has 3 aromatic rings. The van der Waals surface area contributed by atoms with Gasteiger partial charge in [-0.15, -0.1) is 0 Å². The SMILES string of the molecule is O=C(CC1C(=O)NCCN1CC=Cc1ccccc1)NCc1ccc(-n2cncn2)cc1. The van der Waals surface area contributed by atoms with Crippen LogP contribution in [0.2, 0.25) is 0 Å². The lowest BCUT2D eigenvalue weighted by Gasteiger charge is -2.33. The van der Waals surface area contributed by atoms with E-state index in [1.165, 1.54) is 6.33 Å². The van der Waals surface area contributed by atoms with Crippen LogP contribution in [0, 0.1) is 0 Å². The maximum Gasteiger partial charge on any atom is 0.237 e. The van der Waals surface area contributed by atoms with Crippen LogP contribution in [0.25, 0.3) is 11.8 Å². The lowest BCUT2D eigenvalue weighted by Crippen LogP contribution is -2.56. The summed E-state index contributed by atoms with van der Waals surface area (Å²) in [5.74, 6) is -0.249. The van der Waals surface area contributed by atoms with Crippen molar-refractivity contribution in [3.05, 3.63) is 84.5 Å². The van der Waals surface area contributed by atoms with Crippen molar-refractivity contribution in [1.29, 1.82) is 0 Å². The van der Waals surface area contributed by atoms with Crippen molar-refractivity contribution in [3.8, 4) is 5.69 Å². The summed E-state index contributed by atoms with van der Waals surface area (Å²) in [5.41, 5.74) is 2.98. The van der Waals surface area contributed by atoms with E-state index in [2.05, 4.69) is 20.7 Å². The van der Waals surface area contributed by atoms with Crippen LogP contribution in [0.4, 0.5) is 0 Å². The Labute approximate surface area is 187 Å². The number of hydrogen-bond acceptors (Lipinski definition) is 5. The third kappa shape index (κ3) is 5.67. The zero-order chi connectivity index (χ0) is 22.2. The lowest BCUT2D eigenvalue weighted by molar-refractivity contribution is -0.133. The van der Waals surface area contributed by atoms with Crippen LogP contribution in [0.5, 0.6) is 0 Å². The van der Waals surface area contributed by atoms with Crippen LogP contribution in [-0.2, 0) is 16.1 Å². The first-order chi connectivity index (χ1) is 15.7. The Kier molecular flexibility index (Phi) is 7.04. The van der Waals surface area contributed by atoms with Gasteiger partial charge in [0.25, 0.3) is 0 Å². The van der Waals surface area contributed by atoms with E-state index < -0.39 is 6.04 Å².